The Bertz CT molecular complexity index is 598. The highest BCUT2D eigenvalue weighted by molar-refractivity contribution is 7.99. The monoisotopic (exact) mass is 321 g/mol. The summed E-state index contributed by atoms with van der Waals surface area (Å²) in [5.74, 6) is 1.92. The number of thioether (sulfide) groups is 1. The molecular formula is C15H19N3O3S. The van der Waals surface area contributed by atoms with Gasteiger partial charge in [-0.3, -0.25) is 4.79 Å². The van der Waals surface area contributed by atoms with E-state index in [1.54, 1.807) is 7.11 Å². The van der Waals surface area contributed by atoms with Crippen LogP contribution in [0.2, 0.25) is 0 Å². The summed E-state index contributed by atoms with van der Waals surface area (Å²) < 4.78 is 10.1. The Morgan fingerprint density at radius 3 is 2.86 bits per heavy atom. The van der Waals surface area contributed by atoms with E-state index >= 15 is 0 Å². The van der Waals surface area contributed by atoms with Crippen LogP contribution < -0.4 is 5.32 Å². The fourth-order valence-corrected chi connectivity index (χ4v) is 2.39. The number of hydrogen-bond acceptors (Lipinski definition) is 6. The zero-order valence-corrected chi connectivity index (χ0v) is 13.5. The van der Waals surface area contributed by atoms with Crippen molar-refractivity contribution in [1.82, 2.24) is 15.5 Å². The number of nitrogens with zero attached hydrogens (tertiary/aromatic N) is 2. The number of nitrogens with one attached hydrogen (secondary N) is 1. The molecule has 0 fully saturated rings. The smallest absolute Gasteiger partial charge is 0.236 e. The van der Waals surface area contributed by atoms with E-state index in [4.69, 9.17) is 9.26 Å². The van der Waals surface area contributed by atoms with E-state index in [9.17, 15) is 4.79 Å². The van der Waals surface area contributed by atoms with Crippen LogP contribution in [0.5, 0.6) is 0 Å². The number of ether oxygens (including phenoxy) is 1. The van der Waals surface area contributed by atoms with Crippen LogP contribution >= 0.6 is 11.8 Å². The van der Waals surface area contributed by atoms with Gasteiger partial charge in [0.05, 0.1) is 18.1 Å². The van der Waals surface area contributed by atoms with E-state index < -0.39 is 0 Å². The highest BCUT2D eigenvalue weighted by atomic mass is 32.2. The van der Waals surface area contributed by atoms with Gasteiger partial charge in [-0.25, -0.2) is 0 Å². The molecule has 118 valence electrons. The maximum atomic E-state index is 11.5. The van der Waals surface area contributed by atoms with Crippen molar-refractivity contribution in [2.24, 2.45) is 0 Å². The second-order valence-electron chi connectivity index (χ2n) is 4.71. The van der Waals surface area contributed by atoms with Crippen LogP contribution in [0.4, 0.5) is 0 Å². The van der Waals surface area contributed by atoms with E-state index in [1.807, 2.05) is 31.2 Å². The van der Waals surface area contributed by atoms with Gasteiger partial charge in [-0.2, -0.15) is 4.98 Å². The van der Waals surface area contributed by atoms with Crippen LogP contribution in [-0.4, -0.2) is 42.1 Å². The quantitative estimate of drug-likeness (QED) is 0.750. The second kappa shape index (κ2) is 8.55. The number of amides is 1. The summed E-state index contributed by atoms with van der Waals surface area (Å²) in [4.78, 5) is 15.8. The van der Waals surface area contributed by atoms with Crippen LogP contribution in [0.15, 0.2) is 28.8 Å². The highest BCUT2D eigenvalue weighted by Gasteiger charge is 2.09. The number of aryl methyl sites for hydroxylation is 1. The molecule has 2 aromatic rings. The van der Waals surface area contributed by atoms with Crippen molar-refractivity contribution >= 4 is 17.7 Å². The molecule has 0 aliphatic heterocycles. The Labute approximate surface area is 133 Å². The van der Waals surface area contributed by atoms with Crippen molar-refractivity contribution in [2.75, 3.05) is 26.0 Å². The van der Waals surface area contributed by atoms with E-state index in [1.165, 1.54) is 17.3 Å². The van der Waals surface area contributed by atoms with Crippen LogP contribution in [0.3, 0.4) is 0 Å². The molecule has 0 aliphatic carbocycles. The number of rotatable bonds is 8. The number of aromatic nitrogens is 2. The molecule has 1 N–H and O–H groups in total. The minimum Gasteiger partial charge on any atom is -0.383 e. The van der Waals surface area contributed by atoms with Crippen molar-refractivity contribution in [3.8, 4) is 11.4 Å². The van der Waals surface area contributed by atoms with Gasteiger partial charge >= 0.3 is 0 Å². The first-order chi connectivity index (χ1) is 10.7. The molecule has 6 nitrogen and oxygen atoms in total. The number of carbonyl (C=O) groups excluding carboxylic acids is 1. The first-order valence-electron chi connectivity index (χ1n) is 6.92. The Morgan fingerprint density at radius 2 is 2.14 bits per heavy atom. The first-order valence-corrected chi connectivity index (χ1v) is 8.07. The van der Waals surface area contributed by atoms with Crippen LogP contribution in [0, 0.1) is 6.92 Å². The standard InChI is InChI=1S/C15H19N3O3S/c1-11-3-5-12(6-4-11)15-17-14(21-18-15)10-22-9-13(19)16-7-8-20-2/h3-6H,7-10H2,1-2H3,(H,16,19). The van der Waals surface area contributed by atoms with Crippen molar-refractivity contribution in [1.29, 1.82) is 0 Å². The maximum absolute atomic E-state index is 11.5. The van der Waals surface area contributed by atoms with Gasteiger partial charge in [0.25, 0.3) is 0 Å². The molecule has 1 aromatic heterocycles. The lowest BCUT2D eigenvalue weighted by atomic mass is 10.1. The molecule has 0 saturated carbocycles. The zero-order chi connectivity index (χ0) is 15.8. The molecule has 0 bridgehead atoms. The number of carbonyl (C=O) groups is 1. The lowest BCUT2D eigenvalue weighted by Crippen LogP contribution is -2.28. The predicted molar refractivity (Wildman–Crippen MR) is 85.5 cm³/mol. The summed E-state index contributed by atoms with van der Waals surface area (Å²) in [5, 5.41) is 6.71. The summed E-state index contributed by atoms with van der Waals surface area (Å²) in [6.45, 7) is 3.06. The van der Waals surface area contributed by atoms with Gasteiger partial charge in [0.1, 0.15) is 0 Å². The minimum absolute atomic E-state index is 0.0275. The average Bonchev–Trinajstić information content (AvgIpc) is 2.97. The topological polar surface area (TPSA) is 77.2 Å². The maximum Gasteiger partial charge on any atom is 0.236 e. The molecule has 0 aliphatic rings. The molecule has 0 atom stereocenters. The van der Waals surface area contributed by atoms with Crippen molar-refractivity contribution < 1.29 is 14.1 Å². The van der Waals surface area contributed by atoms with E-state index in [2.05, 4.69) is 15.5 Å². The third-order valence-corrected chi connectivity index (χ3v) is 3.78. The van der Waals surface area contributed by atoms with Crippen LogP contribution in [0.25, 0.3) is 11.4 Å². The Kier molecular flexibility index (Phi) is 6.42. The predicted octanol–water partition coefficient (Wildman–Crippen LogP) is 2.04. The van der Waals surface area contributed by atoms with Crippen LogP contribution in [0.1, 0.15) is 11.5 Å². The lowest BCUT2D eigenvalue weighted by molar-refractivity contribution is -0.118. The van der Waals surface area contributed by atoms with Crippen molar-refractivity contribution in [3.63, 3.8) is 0 Å². The molecule has 0 unspecified atom stereocenters. The van der Waals surface area contributed by atoms with Crippen molar-refractivity contribution in [3.05, 3.63) is 35.7 Å². The van der Waals surface area contributed by atoms with Gasteiger partial charge < -0.3 is 14.6 Å². The van der Waals surface area contributed by atoms with Gasteiger partial charge in [-0.1, -0.05) is 35.0 Å². The number of methoxy groups -OCH3 is 1. The summed E-state index contributed by atoms with van der Waals surface area (Å²) >= 11 is 1.43. The van der Waals surface area contributed by atoms with Gasteiger partial charge in [-0.15, -0.1) is 11.8 Å². The fourth-order valence-electron chi connectivity index (χ4n) is 1.71. The summed E-state index contributed by atoms with van der Waals surface area (Å²) in [5.41, 5.74) is 2.10. The minimum atomic E-state index is -0.0275. The summed E-state index contributed by atoms with van der Waals surface area (Å²) in [6.07, 6.45) is 0. The molecular weight excluding hydrogens is 302 g/mol. The van der Waals surface area contributed by atoms with E-state index in [0.717, 1.165) is 5.56 Å². The van der Waals surface area contributed by atoms with Gasteiger partial charge in [-0.05, 0) is 6.92 Å². The van der Waals surface area contributed by atoms with Crippen LogP contribution in [-0.2, 0) is 15.3 Å². The van der Waals surface area contributed by atoms with E-state index in [0.29, 0.717) is 36.4 Å². The van der Waals surface area contributed by atoms with Crippen molar-refractivity contribution in [2.45, 2.75) is 12.7 Å². The molecule has 1 aromatic carbocycles. The molecule has 1 heterocycles. The highest BCUT2D eigenvalue weighted by Crippen LogP contribution is 2.18. The van der Waals surface area contributed by atoms with Gasteiger partial charge in [0.15, 0.2) is 0 Å². The van der Waals surface area contributed by atoms with Gasteiger partial charge in [0, 0.05) is 19.2 Å². The summed E-state index contributed by atoms with van der Waals surface area (Å²) in [6, 6.07) is 7.93. The molecule has 22 heavy (non-hydrogen) atoms. The number of hydrogen-bond donors (Lipinski definition) is 1. The lowest BCUT2D eigenvalue weighted by Gasteiger charge is -2.02. The Morgan fingerprint density at radius 1 is 1.36 bits per heavy atom. The molecule has 0 saturated heterocycles. The molecule has 1 amide bonds. The average molecular weight is 321 g/mol. The SMILES string of the molecule is COCCNC(=O)CSCc1nc(-c2ccc(C)cc2)no1. The largest absolute Gasteiger partial charge is 0.383 e. The van der Waals surface area contributed by atoms with Gasteiger partial charge in [0.2, 0.25) is 17.6 Å². The normalized spacial score (nSPS) is 10.6. The molecule has 0 radical (unpaired) electrons. The zero-order valence-electron chi connectivity index (χ0n) is 12.7. The third kappa shape index (κ3) is 5.16. The molecule has 0 spiro atoms. The first kappa shape index (κ1) is 16.5. The summed E-state index contributed by atoms with van der Waals surface area (Å²) in [7, 11) is 1.60. The second-order valence-corrected chi connectivity index (χ2v) is 5.70. The molecule has 2 rings (SSSR count). The van der Waals surface area contributed by atoms with E-state index in [-0.39, 0.29) is 5.91 Å². The number of benzene rings is 1. The fraction of sp³-hybridized carbons (Fsp3) is 0.400. The Balaban J connectivity index is 1.78. The Hall–Kier alpha value is -1.86. The third-order valence-electron chi connectivity index (χ3n) is 2.86. The molecule has 7 heteroatoms.